The highest BCUT2D eigenvalue weighted by molar-refractivity contribution is 5.95. The molecule has 0 unspecified atom stereocenters. The first-order chi connectivity index (χ1) is 14.3. The fourth-order valence-electron chi connectivity index (χ4n) is 2.64. The standard InChI is InChI=1S/C23H28N2O5/c1-16-7-4-9-19(13-16)29-12-6-11-23(28)30-15-22(27)24-14-21(26)25-20-10-5-8-17(2)18(20)3/h4-5,7-10,13H,6,11-12,14-15H2,1-3H3,(H,24,27)(H,25,26). The smallest absolute Gasteiger partial charge is 0.306 e. The van der Waals surface area contributed by atoms with E-state index >= 15 is 0 Å². The number of aryl methyl sites for hydroxylation is 2. The lowest BCUT2D eigenvalue weighted by Gasteiger charge is -2.11. The van der Waals surface area contributed by atoms with Gasteiger partial charge in [0.2, 0.25) is 5.91 Å². The Morgan fingerprint density at radius 1 is 0.967 bits per heavy atom. The van der Waals surface area contributed by atoms with Crippen molar-refractivity contribution in [1.29, 1.82) is 0 Å². The Labute approximate surface area is 176 Å². The molecule has 30 heavy (non-hydrogen) atoms. The van der Waals surface area contributed by atoms with Gasteiger partial charge in [0.1, 0.15) is 5.75 Å². The van der Waals surface area contributed by atoms with Crippen LogP contribution in [0.2, 0.25) is 0 Å². The van der Waals surface area contributed by atoms with Crippen molar-refractivity contribution in [3.8, 4) is 5.75 Å². The summed E-state index contributed by atoms with van der Waals surface area (Å²) in [6.45, 7) is 5.60. The molecule has 0 bridgehead atoms. The van der Waals surface area contributed by atoms with Crippen molar-refractivity contribution in [3.05, 3.63) is 59.2 Å². The number of esters is 1. The summed E-state index contributed by atoms with van der Waals surface area (Å²) in [4.78, 5) is 35.5. The number of carbonyl (C=O) groups is 3. The molecular weight excluding hydrogens is 384 g/mol. The molecule has 0 saturated heterocycles. The summed E-state index contributed by atoms with van der Waals surface area (Å²) in [7, 11) is 0. The van der Waals surface area contributed by atoms with Crippen molar-refractivity contribution >= 4 is 23.5 Å². The van der Waals surface area contributed by atoms with Gasteiger partial charge in [-0.3, -0.25) is 14.4 Å². The maximum absolute atomic E-state index is 12.0. The second-order valence-electron chi connectivity index (χ2n) is 7.00. The molecule has 0 aliphatic rings. The van der Waals surface area contributed by atoms with Crippen molar-refractivity contribution in [3.63, 3.8) is 0 Å². The first-order valence-electron chi connectivity index (χ1n) is 9.83. The summed E-state index contributed by atoms with van der Waals surface area (Å²) in [5.74, 6) is -0.619. The fraction of sp³-hybridized carbons (Fsp3) is 0.348. The first-order valence-corrected chi connectivity index (χ1v) is 9.83. The minimum Gasteiger partial charge on any atom is -0.494 e. The van der Waals surface area contributed by atoms with Crippen molar-refractivity contribution in [2.24, 2.45) is 0 Å². The lowest BCUT2D eigenvalue weighted by atomic mass is 10.1. The molecule has 160 valence electrons. The van der Waals surface area contributed by atoms with Gasteiger partial charge in [-0.15, -0.1) is 0 Å². The minimum absolute atomic E-state index is 0.145. The highest BCUT2D eigenvalue weighted by atomic mass is 16.5. The quantitative estimate of drug-likeness (QED) is 0.462. The average molecular weight is 412 g/mol. The number of rotatable bonds is 10. The zero-order valence-corrected chi connectivity index (χ0v) is 17.6. The molecule has 7 nitrogen and oxygen atoms in total. The Hall–Kier alpha value is -3.35. The largest absolute Gasteiger partial charge is 0.494 e. The van der Waals surface area contributed by atoms with Crippen LogP contribution in [0.25, 0.3) is 0 Å². The number of anilines is 1. The summed E-state index contributed by atoms with van der Waals surface area (Å²) >= 11 is 0. The van der Waals surface area contributed by atoms with E-state index in [4.69, 9.17) is 9.47 Å². The summed E-state index contributed by atoms with van der Waals surface area (Å²) < 4.78 is 10.5. The van der Waals surface area contributed by atoms with E-state index < -0.39 is 18.5 Å². The highest BCUT2D eigenvalue weighted by Gasteiger charge is 2.10. The summed E-state index contributed by atoms with van der Waals surface area (Å²) in [6.07, 6.45) is 0.624. The molecule has 2 aromatic rings. The minimum atomic E-state index is -0.532. The Morgan fingerprint density at radius 2 is 1.73 bits per heavy atom. The molecule has 0 aromatic heterocycles. The lowest BCUT2D eigenvalue weighted by Crippen LogP contribution is -2.35. The van der Waals surface area contributed by atoms with Crippen LogP contribution in [0.4, 0.5) is 5.69 Å². The molecule has 0 spiro atoms. The van der Waals surface area contributed by atoms with Gasteiger partial charge >= 0.3 is 5.97 Å². The van der Waals surface area contributed by atoms with Crippen molar-refractivity contribution < 1.29 is 23.9 Å². The van der Waals surface area contributed by atoms with E-state index in [1.165, 1.54) is 0 Å². The third-order valence-corrected chi connectivity index (χ3v) is 4.47. The van der Waals surface area contributed by atoms with Gasteiger partial charge < -0.3 is 20.1 Å². The third-order valence-electron chi connectivity index (χ3n) is 4.47. The molecule has 7 heteroatoms. The maximum Gasteiger partial charge on any atom is 0.306 e. The topological polar surface area (TPSA) is 93.7 Å². The molecule has 0 radical (unpaired) electrons. The average Bonchev–Trinajstić information content (AvgIpc) is 2.71. The monoisotopic (exact) mass is 412 g/mol. The first kappa shape index (κ1) is 22.9. The second-order valence-corrected chi connectivity index (χ2v) is 7.00. The van der Waals surface area contributed by atoms with Gasteiger partial charge in [-0.25, -0.2) is 0 Å². The van der Waals surface area contributed by atoms with Crippen LogP contribution in [-0.2, 0) is 19.1 Å². The molecule has 2 rings (SSSR count). The van der Waals surface area contributed by atoms with Crippen LogP contribution in [0.15, 0.2) is 42.5 Å². The van der Waals surface area contributed by atoms with E-state index in [2.05, 4.69) is 10.6 Å². The van der Waals surface area contributed by atoms with Gasteiger partial charge in [0.25, 0.3) is 5.91 Å². The molecule has 0 fully saturated rings. The number of amides is 2. The van der Waals surface area contributed by atoms with Crippen LogP contribution in [0, 0.1) is 20.8 Å². The fourth-order valence-corrected chi connectivity index (χ4v) is 2.64. The molecule has 0 aliphatic carbocycles. The molecule has 2 amide bonds. The molecule has 0 atom stereocenters. The van der Waals surface area contributed by atoms with Crippen LogP contribution >= 0.6 is 0 Å². The Balaban J connectivity index is 1.59. The SMILES string of the molecule is Cc1cccc(OCCCC(=O)OCC(=O)NCC(=O)Nc2cccc(C)c2C)c1. The van der Waals surface area contributed by atoms with E-state index in [1.807, 2.05) is 57.2 Å². The van der Waals surface area contributed by atoms with E-state index in [-0.39, 0.29) is 18.9 Å². The number of benzene rings is 2. The van der Waals surface area contributed by atoms with Crippen LogP contribution in [0.5, 0.6) is 5.75 Å². The number of hydrogen-bond donors (Lipinski definition) is 2. The number of nitrogens with one attached hydrogen (secondary N) is 2. The normalized spacial score (nSPS) is 10.2. The lowest BCUT2D eigenvalue weighted by molar-refractivity contribution is -0.148. The van der Waals surface area contributed by atoms with Gasteiger partial charge in [-0.1, -0.05) is 24.3 Å². The summed E-state index contributed by atoms with van der Waals surface area (Å²) in [6, 6.07) is 13.2. The molecule has 0 heterocycles. The van der Waals surface area contributed by atoms with Crippen LogP contribution < -0.4 is 15.4 Å². The van der Waals surface area contributed by atoms with E-state index in [9.17, 15) is 14.4 Å². The molecular formula is C23H28N2O5. The zero-order chi connectivity index (χ0) is 21.9. The van der Waals surface area contributed by atoms with Crippen LogP contribution in [0.3, 0.4) is 0 Å². The van der Waals surface area contributed by atoms with Crippen LogP contribution in [-0.4, -0.2) is 37.5 Å². The van der Waals surface area contributed by atoms with E-state index in [1.54, 1.807) is 6.07 Å². The Morgan fingerprint density at radius 3 is 2.50 bits per heavy atom. The number of hydrogen-bond acceptors (Lipinski definition) is 5. The number of carbonyl (C=O) groups excluding carboxylic acids is 3. The second kappa shape index (κ2) is 11.6. The van der Waals surface area contributed by atoms with Gasteiger partial charge in [-0.2, -0.15) is 0 Å². The Bertz CT molecular complexity index is 895. The Kier molecular flexibility index (Phi) is 8.87. The van der Waals surface area contributed by atoms with Gasteiger partial charge in [0, 0.05) is 12.1 Å². The van der Waals surface area contributed by atoms with Crippen molar-refractivity contribution in [1.82, 2.24) is 5.32 Å². The van der Waals surface area contributed by atoms with Crippen LogP contribution in [0.1, 0.15) is 29.5 Å². The molecule has 0 saturated carbocycles. The van der Waals surface area contributed by atoms with Gasteiger partial charge in [-0.05, 0) is 62.1 Å². The molecule has 2 aromatic carbocycles. The predicted octanol–water partition coefficient (Wildman–Crippen LogP) is 3.07. The molecule has 2 N–H and O–H groups in total. The predicted molar refractivity (Wildman–Crippen MR) is 114 cm³/mol. The van der Waals surface area contributed by atoms with Gasteiger partial charge in [0.05, 0.1) is 13.2 Å². The highest BCUT2D eigenvalue weighted by Crippen LogP contribution is 2.17. The number of ether oxygens (including phenoxy) is 2. The maximum atomic E-state index is 12.0. The van der Waals surface area contributed by atoms with E-state index in [0.29, 0.717) is 18.7 Å². The summed E-state index contributed by atoms with van der Waals surface area (Å²) in [5, 5.41) is 5.18. The van der Waals surface area contributed by atoms with E-state index in [0.717, 1.165) is 22.4 Å². The van der Waals surface area contributed by atoms with Crippen molar-refractivity contribution in [2.75, 3.05) is 25.1 Å². The third kappa shape index (κ3) is 7.95. The summed E-state index contributed by atoms with van der Waals surface area (Å²) in [5.41, 5.74) is 3.83. The molecule has 0 aliphatic heterocycles. The van der Waals surface area contributed by atoms with Crippen molar-refractivity contribution in [2.45, 2.75) is 33.6 Å². The van der Waals surface area contributed by atoms with Gasteiger partial charge in [0.15, 0.2) is 6.61 Å². The zero-order valence-electron chi connectivity index (χ0n) is 17.6.